The van der Waals surface area contributed by atoms with Gasteiger partial charge >= 0.3 is 0 Å². The molecule has 264 valence electrons. The minimum absolute atomic E-state index is 0.0382. The SMILES string of the molecule is C=CC(=O)N(CC(O)COCCC[Si]C(O[Si](C)(C)C)O[Si](C)(C)C)CC(O)COCCC[Si]C(O[Si](C)(C)C)O[Si](C)(C)C. The van der Waals surface area contributed by atoms with Crippen LogP contribution in [0, 0.1) is 0 Å². The van der Waals surface area contributed by atoms with Gasteiger partial charge in [-0.2, -0.15) is 0 Å². The number of carbonyl (C=O) groups is 1. The summed E-state index contributed by atoms with van der Waals surface area (Å²) in [6, 6.07) is 1.84. The normalized spacial score (nSPS) is 14.7. The summed E-state index contributed by atoms with van der Waals surface area (Å²) in [5.74, 6) is -0.666. The Hall–Kier alpha value is 0.191. The standard InChI is InChI=1S/C29H65NO9Si6/c1-14-27(33)30(21-25(31)23-34-17-15-19-40-28(36-42(2,3)4)37-43(5,6)7)22-26(32)24-35-18-16-20-41-29(38-44(8,9)10)39-45(11,12)13/h14,25-26,28-29,31-32H,1,15-24H2,2-13H3. The van der Waals surface area contributed by atoms with Crippen molar-refractivity contribution in [1.29, 1.82) is 0 Å². The van der Waals surface area contributed by atoms with Gasteiger partial charge in [0, 0.05) is 26.3 Å². The van der Waals surface area contributed by atoms with Gasteiger partial charge in [-0.3, -0.25) is 4.79 Å². The van der Waals surface area contributed by atoms with Crippen molar-refractivity contribution < 1.29 is 42.2 Å². The molecule has 0 aliphatic carbocycles. The smallest absolute Gasteiger partial charge is 0.246 e. The number of nitrogens with zero attached hydrogens (tertiary/aromatic N) is 1. The van der Waals surface area contributed by atoms with Crippen molar-refractivity contribution in [3.8, 4) is 0 Å². The lowest BCUT2D eigenvalue weighted by atomic mass is 10.2. The molecule has 45 heavy (non-hydrogen) atoms. The number of amides is 1. The lowest BCUT2D eigenvalue weighted by Crippen LogP contribution is -2.43. The van der Waals surface area contributed by atoms with Crippen LogP contribution in [0.1, 0.15) is 12.8 Å². The summed E-state index contributed by atoms with van der Waals surface area (Å²) in [5, 5.41) is 21.1. The number of hydrogen-bond acceptors (Lipinski definition) is 9. The van der Waals surface area contributed by atoms with Crippen LogP contribution >= 0.6 is 0 Å². The first kappa shape index (κ1) is 45.2. The van der Waals surface area contributed by atoms with Gasteiger partial charge < -0.3 is 42.3 Å². The highest BCUT2D eigenvalue weighted by molar-refractivity contribution is 6.72. The first-order valence-corrected chi connectivity index (χ1v) is 32.3. The van der Waals surface area contributed by atoms with E-state index in [4.69, 9.17) is 27.2 Å². The number of ether oxygens (including phenoxy) is 2. The lowest BCUT2D eigenvalue weighted by Gasteiger charge is -2.31. The van der Waals surface area contributed by atoms with E-state index < -0.39 is 45.5 Å². The van der Waals surface area contributed by atoms with Crippen LogP contribution < -0.4 is 0 Å². The van der Waals surface area contributed by atoms with Crippen LogP contribution in [0.2, 0.25) is 90.7 Å². The maximum absolute atomic E-state index is 12.4. The number of aliphatic hydroxyl groups excluding tert-OH is 2. The second kappa shape index (κ2) is 22.0. The summed E-state index contributed by atoms with van der Waals surface area (Å²) in [6.45, 7) is 30.9. The molecule has 0 saturated heterocycles. The monoisotopic (exact) mass is 739 g/mol. The molecule has 0 aliphatic heterocycles. The fourth-order valence-corrected chi connectivity index (χ4v) is 13.4. The molecule has 1 amide bonds. The summed E-state index contributed by atoms with van der Waals surface area (Å²) in [7, 11) is -5.79. The van der Waals surface area contributed by atoms with Gasteiger partial charge in [0.25, 0.3) is 0 Å². The molecule has 0 rings (SSSR count). The highest BCUT2D eigenvalue weighted by Gasteiger charge is 2.28. The average Bonchev–Trinajstić information content (AvgIpc) is 2.83. The molecule has 0 fully saturated rings. The van der Waals surface area contributed by atoms with E-state index in [1.54, 1.807) is 0 Å². The Morgan fingerprint density at radius 2 is 0.978 bits per heavy atom. The van der Waals surface area contributed by atoms with Crippen LogP contribution in [0.15, 0.2) is 12.7 Å². The van der Waals surface area contributed by atoms with Crippen LogP contribution in [-0.4, -0.2) is 137 Å². The van der Waals surface area contributed by atoms with Gasteiger partial charge in [-0.1, -0.05) is 18.7 Å². The third-order valence-electron chi connectivity index (χ3n) is 5.36. The lowest BCUT2D eigenvalue weighted by molar-refractivity contribution is -0.130. The van der Waals surface area contributed by atoms with Crippen molar-refractivity contribution in [2.24, 2.45) is 0 Å². The van der Waals surface area contributed by atoms with Crippen LogP contribution in [0.5, 0.6) is 0 Å². The van der Waals surface area contributed by atoms with E-state index in [1.165, 1.54) is 11.0 Å². The maximum atomic E-state index is 12.4. The summed E-state index contributed by atoms with van der Waals surface area (Å²) >= 11 is 0. The fourth-order valence-electron chi connectivity index (χ4n) is 3.72. The Balaban J connectivity index is 4.46. The predicted molar refractivity (Wildman–Crippen MR) is 196 cm³/mol. The Kier molecular flexibility index (Phi) is 22.1. The van der Waals surface area contributed by atoms with Gasteiger partial charge in [0.1, 0.15) is 30.9 Å². The second-order valence-electron chi connectivity index (χ2n) is 15.1. The van der Waals surface area contributed by atoms with Gasteiger partial charge in [-0.15, -0.1) is 0 Å². The Labute approximate surface area is 284 Å². The fraction of sp³-hybridized carbons (Fsp3) is 0.897. The van der Waals surface area contributed by atoms with E-state index >= 15 is 0 Å². The molecule has 16 heteroatoms. The van der Waals surface area contributed by atoms with E-state index in [2.05, 4.69) is 85.1 Å². The first-order valence-electron chi connectivity index (χ1n) is 16.1. The van der Waals surface area contributed by atoms with E-state index in [-0.39, 0.29) is 44.0 Å². The van der Waals surface area contributed by atoms with Gasteiger partial charge in [-0.25, -0.2) is 0 Å². The Morgan fingerprint density at radius 3 is 1.24 bits per heavy atom. The molecule has 4 radical (unpaired) electrons. The Bertz CT molecular complexity index is 728. The highest BCUT2D eigenvalue weighted by atomic mass is 28.4. The Morgan fingerprint density at radius 1 is 0.667 bits per heavy atom. The van der Waals surface area contributed by atoms with E-state index in [0.717, 1.165) is 24.9 Å². The quantitative estimate of drug-likeness (QED) is 0.0533. The zero-order valence-electron chi connectivity index (χ0n) is 30.4. The zero-order chi connectivity index (χ0) is 34.9. The maximum Gasteiger partial charge on any atom is 0.246 e. The predicted octanol–water partition coefficient (Wildman–Crippen LogP) is 4.75. The van der Waals surface area contributed by atoms with Gasteiger partial charge in [0.15, 0.2) is 33.3 Å². The molecule has 0 aromatic carbocycles. The van der Waals surface area contributed by atoms with E-state index in [0.29, 0.717) is 32.3 Å². The number of carbonyl (C=O) groups excluding carboxylic acids is 1. The van der Waals surface area contributed by atoms with Gasteiger partial charge in [0.05, 0.1) is 25.4 Å². The minimum Gasteiger partial charge on any atom is -0.397 e. The van der Waals surface area contributed by atoms with Crippen molar-refractivity contribution in [2.75, 3.05) is 39.5 Å². The van der Waals surface area contributed by atoms with Crippen molar-refractivity contribution in [3.05, 3.63) is 12.7 Å². The number of rotatable bonds is 27. The van der Waals surface area contributed by atoms with Crippen molar-refractivity contribution in [1.82, 2.24) is 4.90 Å². The molecule has 2 atom stereocenters. The molecular weight excluding hydrogens is 675 g/mol. The number of hydrogen-bond donors (Lipinski definition) is 2. The van der Waals surface area contributed by atoms with Crippen LogP contribution in [0.3, 0.4) is 0 Å². The molecule has 2 unspecified atom stereocenters. The molecule has 10 nitrogen and oxygen atoms in total. The number of aliphatic hydroxyl groups is 2. The van der Waals surface area contributed by atoms with Gasteiger partial charge in [0.2, 0.25) is 5.91 Å². The molecule has 2 N–H and O–H groups in total. The van der Waals surface area contributed by atoms with Gasteiger partial charge in [-0.05, 0) is 97.5 Å². The summed E-state index contributed by atoms with van der Waals surface area (Å²) in [6.07, 6.45) is 1.08. The van der Waals surface area contributed by atoms with Crippen LogP contribution in [0.25, 0.3) is 0 Å². The molecule has 0 saturated carbocycles. The summed E-state index contributed by atoms with van der Waals surface area (Å²) < 4.78 is 36.4. The highest BCUT2D eigenvalue weighted by Crippen LogP contribution is 2.16. The van der Waals surface area contributed by atoms with Crippen LogP contribution in [-0.2, 0) is 32.0 Å². The largest absolute Gasteiger partial charge is 0.397 e. The average molecular weight is 740 g/mol. The second-order valence-corrected chi connectivity index (χ2v) is 35.7. The summed E-state index contributed by atoms with van der Waals surface area (Å²) in [5.41, 5.74) is 0. The molecular formula is C29H65NO9Si6. The third kappa shape index (κ3) is 28.9. The van der Waals surface area contributed by atoms with Crippen LogP contribution in [0.4, 0.5) is 0 Å². The third-order valence-corrected chi connectivity index (χ3v) is 12.4. The van der Waals surface area contributed by atoms with Crippen molar-refractivity contribution in [3.63, 3.8) is 0 Å². The molecule has 0 spiro atoms. The first-order chi connectivity index (χ1) is 20.5. The molecule has 0 aromatic rings. The molecule has 0 bridgehead atoms. The van der Waals surface area contributed by atoms with E-state index in [1.807, 2.05) is 0 Å². The van der Waals surface area contributed by atoms with Crippen molar-refractivity contribution in [2.45, 2.75) is 128 Å². The molecule has 0 heterocycles. The molecule has 0 aliphatic rings. The minimum atomic E-state index is -1.71. The van der Waals surface area contributed by atoms with E-state index in [9.17, 15) is 15.0 Å². The summed E-state index contributed by atoms with van der Waals surface area (Å²) in [4.78, 5) is 13.8. The zero-order valence-corrected chi connectivity index (χ0v) is 36.4. The topological polar surface area (TPSA) is 116 Å². The van der Waals surface area contributed by atoms with Crippen molar-refractivity contribution >= 4 is 58.2 Å². The molecule has 0 aromatic heterocycles.